The van der Waals surface area contributed by atoms with Gasteiger partial charge in [-0.15, -0.1) is 0 Å². The molecule has 0 aromatic heterocycles. The highest BCUT2D eigenvalue weighted by molar-refractivity contribution is 5.96. The van der Waals surface area contributed by atoms with Crippen LogP contribution in [0.5, 0.6) is 0 Å². The maximum Gasteiger partial charge on any atom is 0.418 e. The first-order chi connectivity index (χ1) is 14.3. The lowest BCUT2D eigenvalue weighted by Crippen LogP contribution is -2.49. The summed E-state index contributed by atoms with van der Waals surface area (Å²) in [5.74, 6) is -0.994. The van der Waals surface area contributed by atoms with Gasteiger partial charge in [-0.05, 0) is 24.1 Å². The third-order valence-electron chi connectivity index (χ3n) is 5.10. The Hall–Kier alpha value is -3.33. The van der Waals surface area contributed by atoms with Gasteiger partial charge in [-0.25, -0.2) is 5.43 Å². The van der Waals surface area contributed by atoms with Crippen LogP contribution in [-0.2, 0) is 15.8 Å². The normalized spacial score (nSPS) is 21.0. The van der Waals surface area contributed by atoms with Gasteiger partial charge >= 0.3 is 6.18 Å². The van der Waals surface area contributed by atoms with Crippen LogP contribution in [-0.4, -0.2) is 34.3 Å². The zero-order valence-electron chi connectivity index (χ0n) is 15.8. The quantitative estimate of drug-likeness (QED) is 0.803. The summed E-state index contributed by atoms with van der Waals surface area (Å²) >= 11 is 0. The van der Waals surface area contributed by atoms with E-state index >= 15 is 0 Å². The zero-order chi connectivity index (χ0) is 21.3. The van der Waals surface area contributed by atoms with E-state index in [1.54, 1.807) is 11.2 Å². The van der Waals surface area contributed by atoms with Gasteiger partial charge in [0.15, 0.2) is 0 Å². The second-order valence-corrected chi connectivity index (χ2v) is 7.11. The minimum Gasteiger partial charge on any atom is -0.324 e. The number of fused-ring (bicyclic) bond motifs is 1. The molecule has 2 N–H and O–H groups in total. The fourth-order valence-corrected chi connectivity index (χ4v) is 3.65. The average molecular weight is 416 g/mol. The van der Waals surface area contributed by atoms with Crippen molar-refractivity contribution in [1.82, 2.24) is 15.3 Å². The molecule has 156 valence electrons. The molecular formula is C21H19F3N4O2. The Morgan fingerprint density at radius 2 is 1.77 bits per heavy atom. The van der Waals surface area contributed by atoms with Crippen LogP contribution in [0.3, 0.4) is 0 Å². The van der Waals surface area contributed by atoms with Gasteiger partial charge in [0.25, 0.3) is 5.91 Å². The molecule has 2 heterocycles. The number of carbonyl (C=O) groups excluding carboxylic acids is 2. The fraction of sp³-hybridized carbons (Fsp3) is 0.238. The van der Waals surface area contributed by atoms with Crippen LogP contribution in [0.15, 0.2) is 67.0 Å². The molecule has 2 aliphatic rings. The Balaban J connectivity index is 1.42. The van der Waals surface area contributed by atoms with Crippen LogP contribution in [0.25, 0.3) is 0 Å². The van der Waals surface area contributed by atoms with Crippen LogP contribution in [0.2, 0.25) is 0 Å². The molecular weight excluding hydrogens is 397 g/mol. The lowest BCUT2D eigenvalue weighted by atomic mass is 10.0. The van der Waals surface area contributed by atoms with Crippen LogP contribution in [0, 0.1) is 0 Å². The number of hydrogen-bond donors (Lipinski definition) is 2. The molecule has 2 aromatic rings. The van der Waals surface area contributed by atoms with Gasteiger partial charge in [-0.3, -0.25) is 9.59 Å². The van der Waals surface area contributed by atoms with Gasteiger partial charge in [-0.2, -0.15) is 13.2 Å². The Bertz CT molecular complexity index is 978. The number of benzene rings is 2. The molecule has 0 aliphatic carbocycles. The van der Waals surface area contributed by atoms with Gasteiger partial charge in [0.1, 0.15) is 12.6 Å². The van der Waals surface area contributed by atoms with Gasteiger partial charge in [0.2, 0.25) is 5.91 Å². The van der Waals surface area contributed by atoms with E-state index in [0.29, 0.717) is 6.42 Å². The topological polar surface area (TPSA) is 64.7 Å². The highest BCUT2D eigenvalue weighted by Gasteiger charge is 2.40. The maximum atomic E-state index is 13.1. The van der Waals surface area contributed by atoms with E-state index in [9.17, 15) is 22.8 Å². The van der Waals surface area contributed by atoms with E-state index in [4.69, 9.17) is 0 Å². The number of nitrogens with one attached hydrogen (secondary N) is 2. The molecule has 2 aliphatic heterocycles. The number of amides is 2. The summed E-state index contributed by atoms with van der Waals surface area (Å²) in [4.78, 5) is 26.4. The van der Waals surface area contributed by atoms with Gasteiger partial charge in [0, 0.05) is 12.4 Å². The number of alkyl halides is 3. The van der Waals surface area contributed by atoms with E-state index in [-0.39, 0.29) is 24.2 Å². The van der Waals surface area contributed by atoms with Crippen molar-refractivity contribution < 1.29 is 22.8 Å². The largest absolute Gasteiger partial charge is 0.418 e. The highest BCUT2D eigenvalue weighted by Crippen LogP contribution is 2.35. The van der Waals surface area contributed by atoms with Crippen molar-refractivity contribution in [2.75, 3.05) is 11.9 Å². The molecule has 0 radical (unpaired) electrons. The van der Waals surface area contributed by atoms with E-state index in [2.05, 4.69) is 10.7 Å². The molecule has 0 saturated carbocycles. The number of nitrogens with zero attached hydrogens (tertiary/aromatic N) is 2. The number of hydrogen-bond acceptors (Lipinski definition) is 4. The fourth-order valence-electron chi connectivity index (χ4n) is 3.65. The van der Waals surface area contributed by atoms with Crippen LogP contribution in [0.1, 0.15) is 23.6 Å². The van der Waals surface area contributed by atoms with E-state index in [1.165, 1.54) is 29.3 Å². The van der Waals surface area contributed by atoms with Gasteiger partial charge in [-0.1, -0.05) is 42.5 Å². The highest BCUT2D eigenvalue weighted by atomic mass is 19.4. The van der Waals surface area contributed by atoms with Crippen molar-refractivity contribution in [1.29, 1.82) is 0 Å². The van der Waals surface area contributed by atoms with Crippen molar-refractivity contribution in [3.63, 3.8) is 0 Å². The van der Waals surface area contributed by atoms with Gasteiger partial charge in [0.05, 0.1) is 17.3 Å². The second-order valence-electron chi connectivity index (χ2n) is 7.11. The molecule has 2 aromatic carbocycles. The van der Waals surface area contributed by atoms with Crippen LogP contribution < -0.4 is 10.7 Å². The first-order valence-corrected chi connectivity index (χ1v) is 9.37. The third-order valence-corrected chi connectivity index (χ3v) is 5.10. The lowest BCUT2D eigenvalue weighted by molar-refractivity contribution is -0.138. The van der Waals surface area contributed by atoms with Gasteiger partial charge < -0.3 is 15.2 Å². The number of anilines is 1. The molecule has 6 nitrogen and oxygen atoms in total. The molecule has 4 rings (SSSR count). The molecule has 2 atom stereocenters. The predicted octanol–water partition coefficient (Wildman–Crippen LogP) is 3.28. The minimum absolute atomic E-state index is 0.0442. The standard InChI is InChI=1S/C21H19F3N4O2/c22-21(23,24)15-8-4-5-9-16(15)25-19(29)13-27-10-11-28-18(20(27)30)12-17(26-28)14-6-2-1-3-7-14/h1-11,17-18,26H,12-13H2,(H,25,29). The molecule has 2 amide bonds. The number of hydrazine groups is 1. The molecule has 2 unspecified atom stereocenters. The monoisotopic (exact) mass is 416 g/mol. The molecule has 30 heavy (non-hydrogen) atoms. The molecule has 1 saturated heterocycles. The van der Waals surface area contributed by atoms with Crippen molar-refractivity contribution in [3.8, 4) is 0 Å². The second kappa shape index (κ2) is 7.83. The molecule has 1 fully saturated rings. The molecule has 0 spiro atoms. The first kappa shape index (κ1) is 20.0. The Morgan fingerprint density at radius 1 is 1.07 bits per heavy atom. The summed E-state index contributed by atoms with van der Waals surface area (Å²) in [6.07, 6.45) is -0.963. The minimum atomic E-state index is -4.59. The third kappa shape index (κ3) is 4.02. The van der Waals surface area contributed by atoms with Crippen molar-refractivity contribution in [2.24, 2.45) is 0 Å². The maximum absolute atomic E-state index is 13.1. The lowest BCUT2D eigenvalue weighted by Gasteiger charge is -2.31. The summed E-state index contributed by atoms with van der Waals surface area (Å²) in [6, 6.07) is 13.9. The summed E-state index contributed by atoms with van der Waals surface area (Å²) in [5.41, 5.74) is 3.02. The van der Waals surface area contributed by atoms with E-state index in [0.717, 1.165) is 11.6 Å². The number of carbonyl (C=O) groups is 2. The Kier molecular flexibility index (Phi) is 5.21. The summed E-state index contributed by atoms with van der Waals surface area (Å²) in [6.45, 7) is -0.373. The number of halogens is 3. The summed E-state index contributed by atoms with van der Waals surface area (Å²) in [7, 11) is 0. The van der Waals surface area contributed by atoms with Crippen LogP contribution in [0.4, 0.5) is 18.9 Å². The number of para-hydroxylation sites is 1. The SMILES string of the molecule is O=C(CN1C=CN2NC(c3ccccc3)CC2C1=O)Nc1ccccc1C(F)(F)F. The smallest absolute Gasteiger partial charge is 0.324 e. The molecule has 9 heteroatoms. The van der Waals surface area contributed by atoms with Crippen LogP contribution >= 0.6 is 0 Å². The summed E-state index contributed by atoms with van der Waals surface area (Å²) in [5, 5.41) is 3.97. The average Bonchev–Trinajstić information content (AvgIpc) is 3.16. The molecule has 0 bridgehead atoms. The Morgan fingerprint density at radius 3 is 2.50 bits per heavy atom. The predicted molar refractivity (Wildman–Crippen MR) is 103 cm³/mol. The van der Waals surface area contributed by atoms with Crippen molar-refractivity contribution in [2.45, 2.75) is 24.7 Å². The van der Waals surface area contributed by atoms with E-state index < -0.39 is 23.7 Å². The van der Waals surface area contributed by atoms with Crippen molar-refractivity contribution >= 4 is 17.5 Å². The first-order valence-electron chi connectivity index (χ1n) is 9.37. The zero-order valence-corrected chi connectivity index (χ0v) is 15.8. The van der Waals surface area contributed by atoms with E-state index in [1.807, 2.05) is 30.3 Å². The number of rotatable bonds is 4. The Labute approximate surface area is 170 Å². The summed E-state index contributed by atoms with van der Waals surface area (Å²) < 4.78 is 39.3. The van der Waals surface area contributed by atoms with Crippen molar-refractivity contribution in [3.05, 3.63) is 78.1 Å².